The number of nitrogens with two attached hydrogens (primary N) is 1. The number of morpholine rings is 1. The normalized spacial score (nSPS) is 14.4. The summed E-state index contributed by atoms with van der Waals surface area (Å²) in [6, 6.07) is 7.51. The Hall–Kier alpha value is -3.35. The van der Waals surface area contributed by atoms with Gasteiger partial charge in [-0.2, -0.15) is 0 Å². The molecule has 5 rings (SSSR count). The minimum Gasteiger partial charge on any atom is -0.378 e. The molecule has 0 amide bonds. The van der Waals surface area contributed by atoms with Gasteiger partial charge in [-0.3, -0.25) is 4.31 Å². The number of anilines is 3. The molecule has 1 aliphatic heterocycles. The van der Waals surface area contributed by atoms with Crippen molar-refractivity contribution in [3.8, 4) is 21.8 Å². The van der Waals surface area contributed by atoms with Gasteiger partial charge in [-0.25, -0.2) is 28.4 Å². The molecule has 1 saturated heterocycles. The van der Waals surface area contributed by atoms with Crippen LogP contribution in [0.5, 0.6) is 0 Å². The third-order valence-electron chi connectivity index (χ3n) is 5.96. The number of hydrogen-bond donors (Lipinski definition) is 1. The van der Waals surface area contributed by atoms with Crippen molar-refractivity contribution >= 4 is 49.0 Å². The molecule has 3 aromatic heterocycles. The number of nitrogens with zero attached hydrogens (tertiary/aromatic N) is 6. The fraction of sp³-hybridized carbons (Fsp3) is 0.304. The first-order valence-electron chi connectivity index (χ1n) is 11.0. The molecule has 182 valence electrons. The molecular weight excluding hydrogens is 486 g/mol. The monoisotopic (exact) mass is 511 g/mol. The van der Waals surface area contributed by atoms with Crippen molar-refractivity contribution in [3.05, 3.63) is 42.2 Å². The van der Waals surface area contributed by atoms with E-state index in [1.807, 2.05) is 25.1 Å². The highest BCUT2D eigenvalue weighted by molar-refractivity contribution is 7.92. The van der Waals surface area contributed by atoms with Gasteiger partial charge in [-0.1, -0.05) is 12.1 Å². The summed E-state index contributed by atoms with van der Waals surface area (Å²) in [5.41, 5.74) is 9.71. The summed E-state index contributed by atoms with van der Waals surface area (Å²) >= 11 is 1.60. The molecule has 12 heteroatoms. The lowest BCUT2D eigenvalue weighted by Gasteiger charge is -2.28. The standard InChI is InChI=1S/C23H25N7O3S2/c1-14-18-20(34-19(14)15-5-4-6-17(11-15)29(2)35(3,31)32)22(30-7-9-33-10-8-30)28-21(27-18)16-12-25-23(24)26-13-16/h4-6,11-13H,7-10H2,1-3H3,(H2,24,25,26). The van der Waals surface area contributed by atoms with E-state index in [1.54, 1.807) is 36.8 Å². The zero-order chi connectivity index (χ0) is 24.7. The summed E-state index contributed by atoms with van der Waals surface area (Å²) in [6.07, 6.45) is 4.44. The number of aromatic nitrogens is 4. The first-order chi connectivity index (χ1) is 16.7. The average molecular weight is 512 g/mol. The highest BCUT2D eigenvalue weighted by atomic mass is 32.2. The SMILES string of the molecule is Cc1c(-c2cccc(N(C)S(C)(=O)=O)c2)sc2c(N3CCOCC3)nc(-c3cnc(N)nc3)nc12. The fourth-order valence-electron chi connectivity index (χ4n) is 3.95. The van der Waals surface area contributed by atoms with E-state index in [0.29, 0.717) is 30.3 Å². The summed E-state index contributed by atoms with van der Waals surface area (Å²) < 4.78 is 32.0. The van der Waals surface area contributed by atoms with Gasteiger partial charge in [0, 0.05) is 37.4 Å². The molecule has 35 heavy (non-hydrogen) atoms. The van der Waals surface area contributed by atoms with E-state index in [0.717, 1.165) is 45.1 Å². The van der Waals surface area contributed by atoms with E-state index in [-0.39, 0.29) is 5.95 Å². The fourth-order valence-corrected chi connectivity index (χ4v) is 5.71. The number of aryl methyl sites for hydroxylation is 1. The van der Waals surface area contributed by atoms with Gasteiger partial charge in [0.15, 0.2) is 11.6 Å². The lowest BCUT2D eigenvalue weighted by atomic mass is 10.1. The Kier molecular flexibility index (Phi) is 6.03. The molecular formula is C23H25N7O3S2. The van der Waals surface area contributed by atoms with Crippen molar-refractivity contribution in [2.75, 3.05) is 54.5 Å². The number of fused-ring (bicyclic) bond motifs is 1. The van der Waals surface area contributed by atoms with Crippen molar-refractivity contribution in [1.82, 2.24) is 19.9 Å². The second-order valence-corrected chi connectivity index (χ2v) is 11.3. The molecule has 0 saturated carbocycles. The molecule has 10 nitrogen and oxygen atoms in total. The maximum absolute atomic E-state index is 12.1. The zero-order valence-electron chi connectivity index (χ0n) is 19.6. The first-order valence-corrected chi connectivity index (χ1v) is 13.6. The Morgan fingerprint density at radius 2 is 1.83 bits per heavy atom. The molecule has 4 heterocycles. The van der Waals surface area contributed by atoms with Gasteiger partial charge >= 0.3 is 0 Å². The number of rotatable bonds is 5. The van der Waals surface area contributed by atoms with Crippen molar-refractivity contribution in [3.63, 3.8) is 0 Å². The molecule has 1 fully saturated rings. The summed E-state index contributed by atoms with van der Waals surface area (Å²) in [5.74, 6) is 1.56. The molecule has 1 aromatic carbocycles. The summed E-state index contributed by atoms with van der Waals surface area (Å²) in [5, 5.41) is 0. The summed E-state index contributed by atoms with van der Waals surface area (Å²) in [6.45, 7) is 4.74. The number of sulfonamides is 1. The third-order valence-corrected chi connectivity index (χ3v) is 8.49. The van der Waals surface area contributed by atoms with Crippen molar-refractivity contribution < 1.29 is 13.2 Å². The molecule has 1 aliphatic rings. The van der Waals surface area contributed by atoms with Gasteiger partial charge < -0.3 is 15.4 Å². The van der Waals surface area contributed by atoms with Crippen LogP contribution in [0, 0.1) is 6.92 Å². The molecule has 0 unspecified atom stereocenters. The minimum atomic E-state index is -3.38. The van der Waals surface area contributed by atoms with Crippen molar-refractivity contribution in [2.45, 2.75) is 6.92 Å². The first kappa shape index (κ1) is 23.4. The Bertz CT molecular complexity index is 1500. The third kappa shape index (κ3) is 4.51. The Balaban J connectivity index is 1.69. The number of benzene rings is 1. The largest absolute Gasteiger partial charge is 0.378 e. The van der Waals surface area contributed by atoms with E-state index in [9.17, 15) is 8.42 Å². The van der Waals surface area contributed by atoms with Crippen LogP contribution >= 0.6 is 11.3 Å². The van der Waals surface area contributed by atoms with Gasteiger partial charge in [0.1, 0.15) is 0 Å². The highest BCUT2D eigenvalue weighted by Gasteiger charge is 2.23. The van der Waals surface area contributed by atoms with E-state index in [4.69, 9.17) is 20.4 Å². The average Bonchev–Trinajstić information content (AvgIpc) is 3.20. The number of nitrogen functional groups attached to an aromatic ring is 1. The second-order valence-electron chi connectivity index (χ2n) is 8.31. The molecule has 0 atom stereocenters. The van der Waals surface area contributed by atoms with Gasteiger partial charge in [-0.05, 0) is 30.2 Å². The maximum Gasteiger partial charge on any atom is 0.231 e. The number of ether oxygens (including phenoxy) is 1. The van der Waals surface area contributed by atoms with Crippen LogP contribution in [0.25, 0.3) is 32.0 Å². The van der Waals surface area contributed by atoms with Crippen molar-refractivity contribution in [2.24, 2.45) is 0 Å². The minimum absolute atomic E-state index is 0.191. The Morgan fingerprint density at radius 3 is 2.51 bits per heavy atom. The predicted molar refractivity (Wildman–Crippen MR) is 139 cm³/mol. The van der Waals surface area contributed by atoms with Gasteiger partial charge in [0.05, 0.1) is 40.9 Å². The van der Waals surface area contributed by atoms with Crippen LogP contribution in [0.4, 0.5) is 17.5 Å². The maximum atomic E-state index is 12.1. The molecule has 0 aliphatic carbocycles. The smallest absolute Gasteiger partial charge is 0.231 e. The Labute approximate surface area is 207 Å². The van der Waals surface area contributed by atoms with E-state index in [2.05, 4.69) is 14.9 Å². The molecule has 2 N–H and O–H groups in total. The second kappa shape index (κ2) is 9.02. The van der Waals surface area contributed by atoms with Gasteiger partial charge in [-0.15, -0.1) is 11.3 Å². The molecule has 4 aromatic rings. The topological polar surface area (TPSA) is 127 Å². The van der Waals surface area contributed by atoms with Crippen LogP contribution in [-0.4, -0.2) is 68.0 Å². The number of thiophene rings is 1. The van der Waals surface area contributed by atoms with E-state index in [1.165, 1.54) is 10.6 Å². The Morgan fingerprint density at radius 1 is 1.11 bits per heavy atom. The molecule has 0 bridgehead atoms. The lowest BCUT2D eigenvalue weighted by Crippen LogP contribution is -2.36. The van der Waals surface area contributed by atoms with Crippen LogP contribution in [0.2, 0.25) is 0 Å². The van der Waals surface area contributed by atoms with Crippen LogP contribution in [0.15, 0.2) is 36.7 Å². The summed E-state index contributed by atoms with van der Waals surface area (Å²) in [4.78, 5) is 21.2. The van der Waals surface area contributed by atoms with Gasteiger partial charge in [0.25, 0.3) is 0 Å². The zero-order valence-corrected chi connectivity index (χ0v) is 21.2. The highest BCUT2D eigenvalue weighted by Crippen LogP contribution is 2.42. The lowest BCUT2D eigenvalue weighted by molar-refractivity contribution is 0.122. The van der Waals surface area contributed by atoms with Crippen LogP contribution in [0.3, 0.4) is 0 Å². The molecule has 0 radical (unpaired) electrons. The predicted octanol–water partition coefficient (Wildman–Crippen LogP) is 2.94. The van der Waals surface area contributed by atoms with E-state index >= 15 is 0 Å². The summed E-state index contributed by atoms with van der Waals surface area (Å²) in [7, 11) is -1.82. The number of hydrogen-bond acceptors (Lipinski definition) is 10. The molecule has 0 spiro atoms. The van der Waals surface area contributed by atoms with Gasteiger partial charge in [0.2, 0.25) is 16.0 Å². The quantitative estimate of drug-likeness (QED) is 0.430. The van der Waals surface area contributed by atoms with Crippen LogP contribution < -0.4 is 14.9 Å². The van der Waals surface area contributed by atoms with Crippen molar-refractivity contribution in [1.29, 1.82) is 0 Å². The van der Waals surface area contributed by atoms with Crippen LogP contribution in [-0.2, 0) is 14.8 Å². The van der Waals surface area contributed by atoms with Crippen LogP contribution in [0.1, 0.15) is 5.56 Å². The van der Waals surface area contributed by atoms with E-state index < -0.39 is 10.0 Å².